The topological polar surface area (TPSA) is 95.5 Å². The van der Waals surface area contributed by atoms with Crippen molar-refractivity contribution in [2.24, 2.45) is 5.92 Å². The van der Waals surface area contributed by atoms with Crippen molar-refractivity contribution in [1.29, 1.82) is 0 Å². The highest BCUT2D eigenvalue weighted by Crippen LogP contribution is 2.25. The summed E-state index contributed by atoms with van der Waals surface area (Å²) in [4.78, 5) is 32.9. The van der Waals surface area contributed by atoms with Gasteiger partial charge in [-0.05, 0) is 18.8 Å². The van der Waals surface area contributed by atoms with Gasteiger partial charge in [-0.2, -0.15) is 0 Å². The molecule has 1 aliphatic carbocycles. The van der Waals surface area contributed by atoms with E-state index in [9.17, 15) is 14.4 Å². The van der Waals surface area contributed by atoms with Crippen LogP contribution in [0.4, 0.5) is 0 Å². The summed E-state index contributed by atoms with van der Waals surface area (Å²) < 4.78 is 0. The maximum Gasteiger partial charge on any atom is 0.322 e. The van der Waals surface area contributed by atoms with E-state index < -0.39 is 18.4 Å². The third-order valence-corrected chi connectivity index (χ3v) is 3.08. The number of carbonyl (C=O) groups is 3. The van der Waals surface area contributed by atoms with E-state index in [1.54, 1.807) is 0 Å². The van der Waals surface area contributed by atoms with Gasteiger partial charge in [0.1, 0.15) is 6.54 Å². The Hall–Kier alpha value is -1.59. The minimum absolute atomic E-state index is 0.132. The second kappa shape index (κ2) is 7.68. The van der Waals surface area contributed by atoms with E-state index in [-0.39, 0.29) is 12.5 Å². The fraction of sp³-hybridized carbons (Fsp3) is 0.750. The first-order chi connectivity index (χ1) is 8.58. The minimum Gasteiger partial charge on any atom is -0.480 e. The molecule has 3 N–H and O–H groups in total. The molecule has 1 rings (SSSR count). The summed E-state index contributed by atoms with van der Waals surface area (Å²) in [6.07, 6.45) is 6.23. The molecule has 0 saturated heterocycles. The predicted octanol–water partition coefficient (Wildman–Crippen LogP) is 0.274. The van der Waals surface area contributed by atoms with Crippen molar-refractivity contribution in [3.05, 3.63) is 0 Å². The zero-order chi connectivity index (χ0) is 13.4. The van der Waals surface area contributed by atoms with Crippen LogP contribution in [-0.2, 0) is 14.4 Å². The number of amides is 2. The molecule has 1 aliphatic rings. The smallest absolute Gasteiger partial charge is 0.322 e. The number of carboxylic acids is 1. The van der Waals surface area contributed by atoms with Crippen molar-refractivity contribution in [3.8, 4) is 0 Å². The molecule has 102 valence electrons. The van der Waals surface area contributed by atoms with Crippen molar-refractivity contribution in [1.82, 2.24) is 10.6 Å². The second-order valence-corrected chi connectivity index (χ2v) is 4.66. The van der Waals surface area contributed by atoms with Crippen LogP contribution < -0.4 is 10.6 Å². The first-order valence-electron chi connectivity index (χ1n) is 6.33. The highest BCUT2D eigenvalue weighted by atomic mass is 16.4. The van der Waals surface area contributed by atoms with E-state index in [0.29, 0.717) is 12.3 Å². The van der Waals surface area contributed by atoms with Gasteiger partial charge in [0.25, 0.3) is 0 Å². The summed E-state index contributed by atoms with van der Waals surface area (Å²) in [6.45, 7) is -0.573. The van der Waals surface area contributed by atoms with Gasteiger partial charge < -0.3 is 15.7 Å². The van der Waals surface area contributed by atoms with Gasteiger partial charge in [0, 0.05) is 6.42 Å². The molecule has 0 atom stereocenters. The molecule has 0 aromatic rings. The lowest BCUT2D eigenvalue weighted by atomic mass is 9.87. The lowest BCUT2D eigenvalue weighted by molar-refractivity contribution is -0.137. The zero-order valence-corrected chi connectivity index (χ0v) is 10.4. The SMILES string of the molecule is O=C(O)CNC(=O)CNC(=O)CC1CCCCC1. The standard InChI is InChI=1S/C12H20N2O4/c15-10(6-9-4-2-1-3-5-9)13-7-11(16)14-8-12(17)18/h9H,1-8H2,(H,13,15)(H,14,16)(H,17,18). The molecule has 0 aliphatic heterocycles. The Bertz CT molecular complexity index is 311. The minimum atomic E-state index is -1.10. The molecular formula is C12H20N2O4. The number of aliphatic carboxylic acids is 1. The normalized spacial score (nSPS) is 16.0. The molecule has 0 bridgehead atoms. The van der Waals surface area contributed by atoms with Gasteiger partial charge in [-0.15, -0.1) is 0 Å². The second-order valence-electron chi connectivity index (χ2n) is 4.66. The molecule has 1 fully saturated rings. The molecule has 6 nitrogen and oxygen atoms in total. The van der Waals surface area contributed by atoms with E-state index in [2.05, 4.69) is 10.6 Å². The van der Waals surface area contributed by atoms with Gasteiger partial charge in [0.05, 0.1) is 6.54 Å². The van der Waals surface area contributed by atoms with Crippen LogP contribution in [0.25, 0.3) is 0 Å². The summed E-state index contributed by atoms with van der Waals surface area (Å²) in [7, 11) is 0. The number of nitrogens with one attached hydrogen (secondary N) is 2. The largest absolute Gasteiger partial charge is 0.480 e. The van der Waals surface area contributed by atoms with E-state index in [1.807, 2.05) is 0 Å². The molecule has 0 radical (unpaired) electrons. The summed E-state index contributed by atoms with van der Waals surface area (Å²) >= 11 is 0. The van der Waals surface area contributed by atoms with Crippen molar-refractivity contribution in [3.63, 3.8) is 0 Å². The van der Waals surface area contributed by atoms with Crippen molar-refractivity contribution < 1.29 is 19.5 Å². The molecular weight excluding hydrogens is 236 g/mol. The Morgan fingerprint density at radius 1 is 0.944 bits per heavy atom. The predicted molar refractivity (Wildman–Crippen MR) is 64.8 cm³/mol. The summed E-state index contributed by atoms with van der Waals surface area (Å²) in [6, 6.07) is 0. The molecule has 2 amide bonds. The van der Waals surface area contributed by atoms with Crippen LogP contribution in [0.1, 0.15) is 38.5 Å². The third kappa shape index (κ3) is 6.22. The van der Waals surface area contributed by atoms with Crippen LogP contribution >= 0.6 is 0 Å². The molecule has 0 heterocycles. The van der Waals surface area contributed by atoms with Crippen LogP contribution in [0.3, 0.4) is 0 Å². The summed E-state index contributed by atoms with van der Waals surface area (Å²) in [5.41, 5.74) is 0. The van der Waals surface area contributed by atoms with Gasteiger partial charge >= 0.3 is 5.97 Å². The Balaban J connectivity index is 2.12. The zero-order valence-electron chi connectivity index (χ0n) is 10.4. The monoisotopic (exact) mass is 256 g/mol. The number of hydrogen-bond donors (Lipinski definition) is 3. The van der Waals surface area contributed by atoms with E-state index in [1.165, 1.54) is 19.3 Å². The van der Waals surface area contributed by atoms with Crippen LogP contribution in [0.5, 0.6) is 0 Å². The lowest BCUT2D eigenvalue weighted by Crippen LogP contribution is -2.39. The van der Waals surface area contributed by atoms with Crippen molar-refractivity contribution in [2.75, 3.05) is 13.1 Å². The Kier molecular flexibility index (Phi) is 6.18. The molecule has 0 unspecified atom stereocenters. The fourth-order valence-corrected chi connectivity index (χ4v) is 2.14. The molecule has 18 heavy (non-hydrogen) atoms. The van der Waals surface area contributed by atoms with E-state index in [4.69, 9.17) is 5.11 Å². The molecule has 0 aromatic heterocycles. The quantitative estimate of drug-likeness (QED) is 0.635. The van der Waals surface area contributed by atoms with Gasteiger partial charge in [0.2, 0.25) is 11.8 Å². The Labute approximate surface area is 106 Å². The Morgan fingerprint density at radius 2 is 1.56 bits per heavy atom. The van der Waals surface area contributed by atoms with Crippen LogP contribution in [0.2, 0.25) is 0 Å². The van der Waals surface area contributed by atoms with Gasteiger partial charge in [-0.3, -0.25) is 14.4 Å². The Morgan fingerprint density at radius 3 is 2.17 bits per heavy atom. The van der Waals surface area contributed by atoms with Gasteiger partial charge in [0.15, 0.2) is 0 Å². The number of carbonyl (C=O) groups excluding carboxylic acids is 2. The fourth-order valence-electron chi connectivity index (χ4n) is 2.14. The van der Waals surface area contributed by atoms with Gasteiger partial charge in [-0.25, -0.2) is 0 Å². The maximum absolute atomic E-state index is 11.5. The summed E-state index contributed by atoms with van der Waals surface area (Å²) in [5, 5.41) is 13.1. The average Bonchev–Trinajstić information content (AvgIpc) is 2.35. The van der Waals surface area contributed by atoms with E-state index >= 15 is 0 Å². The van der Waals surface area contributed by atoms with Crippen LogP contribution in [-0.4, -0.2) is 36.0 Å². The average molecular weight is 256 g/mol. The number of carboxylic acid groups (broad SMARTS) is 1. The molecule has 1 saturated carbocycles. The van der Waals surface area contributed by atoms with E-state index in [0.717, 1.165) is 12.8 Å². The highest BCUT2D eigenvalue weighted by molar-refractivity contribution is 5.86. The van der Waals surface area contributed by atoms with Crippen molar-refractivity contribution in [2.45, 2.75) is 38.5 Å². The summed E-state index contributed by atoms with van der Waals surface area (Å²) in [5.74, 6) is -1.28. The van der Waals surface area contributed by atoms with Crippen LogP contribution in [0, 0.1) is 5.92 Å². The van der Waals surface area contributed by atoms with Gasteiger partial charge in [-0.1, -0.05) is 19.3 Å². The van der Waals surface area contributed by atoms with Crippen molar-refractivity contribution >= 4 is 17.8 Å². The molecule has 0 spiro atoms. The maximum atomic E-state index is 11.5. The first-order valence-corrected chi connectivity index (χ1v) is 6.33. The molecule has 0 aromatic carbocycles. The third-order valence-electron chi connectivity index (χ3n) is 3.08. The first kappa shape index (κ1) is 14.5. The number of hydrogen-bond acceptors (Lipinski definition) is 3. The van der Waals surface area contributed by atoms with Crippen LogP contribution in [0.15, 0.2) is 0 Å². The highest BCUT2D eigenvalue weighted by Gasteiger charge is 2.17. The number of rotatable bonds is 6. The lowest BCUT2D eigenvalue weighted by Gasteiger charge is -2.20. The molecule has 6 heteroatoms.